The number of nitrogens with zero attached hydrogens (tertiary/aromatic N) is 1. The van der Waals surface area contributed by atoms with Gasteiger partial charge in [0.15, 0.2) is 0 Å². The Labute approximate surface area is 119 Å². The van der Waals surface area contributed by atoms with E-state index in [4.69, 9.17) is 5.73 Å². The van der Waals surface area contributed by atoms with Crippen molar-refractivity contribution in [1.29, 1.82) is 0 Å². The van der Waals surface area contributed by atoms with Gasteiger partial charge in [0, 0.05) is 21.0 Å². The fourth-order valence-corrected chi connectivity index (χ4v) is 3.65. The smallest absolute Gasteiger partial charge is 0.259 e. The lowest BCUT2D eigenvalue weighted by molar-refractivity contribution is 0.100. The van der Waals surface area contributed by atoms with Gasteiger partial charge < -0.3 is 5.73 Å². The summed E-state index contributed by atoms with van der Waals surface area (Å²) in [6, 6.07) is 15.8. The van der Waals surface area contributed by atoms with Gasteiger partial charge in [-0.15, -0.1) is 11.3 Å². The van der Waals surface area contributed by atoms with Crippen LogP contribution in [0, 0.1) is 0 Å². The van der Waals surface area contributed by atoms with Crippen molar-refractivity contribution in [2.75, 3.05) is 0 Å². The Morgan fingerprint density at radius 1 is 1.00 bits per heavy atom. The number of fused-ring (bicyclic) bond motifs is 5. The molecule has 2 aromatic carbocycles. The maximum Gasteiger partial charge on any atom is 0.259 e. The van der Waals surface area contributed by atoms with E-state index in [0.29, 0.717) is 4.88 Å². The van der Waals surface area contributed by atoms with E-state index >= 15 is 0 Å². The third-order valence-corrected chi connectivity index (χ3v) is 4.63. The van der Waals surface area contributed by atoms with Crippen molar-refractivity contribution in [2.45, 2.75) is 0 Å². The quantitative estimate of drug-likeness (QED) is 0.577. The SMILES string of the molecule is NC(=O)c1sc2ccccc2c2nc3ccccc3c1-2. The molecule has 0 saturated heterocycles. The van der Waals surface area contributed by atoms with Gasteiger partial charge in [0.1, 0.15) is 4.88 Å². The van der Waals surface area contributed by atoms with E-state index in [1.165, 1.54) is 11.3 Å². The molecule has 0 bridgehead atoms. The summed E-state index contributed by atoms with van der Waals surface area (Å²) in [5, 5.41) is 2.05. The highest BCUT2D eigenvalue weighted by Gasteiger charge is 2.22. The summed E-state index contributed by atoms with van der Waals surface area (Å²) < 4.78 is 1.02. The highest BCUT2D eigenvalue weighted by molar-refractivity contribution is 7.20. The Morgan fingerprint density at radius 3 is 2.50 bits per heavy atom. The number of rotatable bonds is 1. The molecule has 4 rings (SSSR count). The lowest BCUT2D eigenvalue weighted by Crippen LogP contribution is -2.11. The molecule has 0 fully saturated rings. The highest BCUT2D eigenvalue weighted by atomic mass is 32.1. The zero-order chi connectivity index (χ0) is 13.7. The van der Waals surface area contributed by atoms with E-state index in [1.54, 1.807) is 0 Å². The van der Waals surface area contributed by atoms with Gasteiger partial charge in [-0.3, -0.25) is 4.79 Å². The Hall–Kier alpha value is -2.46. The van der Waals surface area contributed by atoms with Gasteiger partial charge >= 0.3 is 0 Å². The van der Waals surface area contributed by atoms with Crippen LogP contribution in [0.3, 0.4) is 0 Å². The number of benzene rings is 2. The van der Waals surface area contributed by atoms with E-state index in [9.17, 15) is 4.79 Å². The van der Waals surface area contributed by atoms with Crippen LogP contribution in [0.25, 0.3) is 32.2 Å². The molecule has 1 amide bonds. The summed E-state index contributed by atoms with van der Waals surface area (Å²) in [5.41, 5.74) is 8.19. The van der Waals surface area contributed by atoms with Gasteiger partial charge in [0.25, 0.3) is 5.91 Å². The fourth-order valence-electron chi connectivity index (χ4n) is 2.60. The third-order valence-electron chi connectivity index (χ3n) is 3.45. The number of carbonyl (C=O) groups is 1. The molecule has 2 heterocycles. The lowest BCUT2D eigenvalue weighted by Gasteiger charge is -2.08. The minimum absolute atomic E-state index is 0.399. The number of hydrogen-bond acceptors (Lipinski definition) is 3. The minimum Gasteiger partial charge on any atom is -0.365 e. The Kier molecular flexibility index (Phi) is 2.28. The zero-order valence-electron chi connectivity index (χ0n) is 10.5. The first-order valence-electron chi connectivity index (χ1n) is 6.25. The molecule has 2 aromatic rings. The summed E-state index contributed by atoms with van der Waals surface area (Å²) in [4.78, 5) is 17.1. The zero-order valence-corrected chi connectivity index (χ0v) is 11.3. The van der Waals surface area contributed by atoms with Crippen LogP contribution in [-0.2, 0) is 0 Å². The standard InChI is InChI=1S/C16H10N2OS/c17-16(19)15-13-9-5-1-3-7-11(9)18-14(13)10-6-2-4-8-12(10)20-15/h1-8H,(H2,17,19). The second-order valence-electron chi connectivity index (χ2n) is 4.64. The fraction of sp³-hybridized carbons (Fsp3) is 0. The molecule has 0 spiro atoms. The largest absolute Gasteiger partial charge is 0.365 e. The Morgan fingerprint density at radius 2 is 1.70 bits per heavy atom. The van der Waals surface area contributed by atoms with Crippen LogP contribution in [0.15, 0.2) is 48.5 Å². The van der Waals surface area contributed by atoms with Crippen LogP contribution in [0.1, 0.15) is 9.67 Å². The van der Waals surface area contributed by atoms with E-state index in [0.717, 1.165) is 32.2 Å². The van der Waals surface area contributed by atoms with Crippen molar-refractivity contribution >= 4 is 38.2 Å². The molecule has 0 atom stereocenters. The van der Waals surface area contributed by atoms with E-state index in [1.807, 2.05) is 48.5 Å². The van der Waals surface area contributed by atoms with E-state index in [2.05, 4.69) is 4.98 Å². The molecule has 0 aromatic heterocycles. The second-order valence-corrected chi connectivity index (χ2v) is 5.70. The highest BCUT2D eigenvalue weighted by Crippen LogP contribution is 2.41. The Balaban J connectivity index is 2.31. The first-order valence-corrected chi connectivity index (χ1v) is 7.07. The van der Waals surface area contributed by atoms with Crippen LogP contribution >= 0.6 is 11.3 Å². The predicted molar refractivity (Wildman–Crippen MR) is 82.3 cm³/mol. The number of aromatic nitrogens is 1. The first-order chi connectivity index (χ1) is 9.75. The van der Waals surface area contributed by atoms with Gasteiger partial charge in [-0.1, -0.05) is 36.4 Å². The predicted octanol–water partition coefficient (Wildman–Crippen LogP) is 3.65. The number of hydrogen-bond donors (Lipinski definition) is 1. The van der Waals surface area contributed by atoms with Gasteiger partial charge in [-0.2, -0.15) is 0 Å². The van der Waals surface area contributed by atoms with Crippen LogP contribution in [0.2, 0.25) is 0 Å². The monoisotopic (exact) mass is 278 g/mol. The molecule has 2 N–H and O–H groups in total. The summed E-state index contributed by atoms with van der Waals surface area (Å²) in [6.45, 7) is 0. The van der Waals surface area contributed by atoms with Crippen LogP contribution < -0.4 is 5.73 Å². The topological polar surface area (TPSA) is 56.0 Å². The first kappa shape index (κ1) is 11.4. The van der Waals surface area contributed by atoms with Crippen molar-refractivity contribution in [2.24, 2.45) is 5.73 Å². The summed E-state index contributed by atoms with van der Waals surface area (Å²) in [7, 11) is 0. The van der Waals surface area contributed by atoms with Gasteiger partial charge in [0.05, 0.1) is 11.2 Å². The van der Waals surface area contributed by atoms with Crippen molar-refractivity contribution in [1.82, 2.24) is 4.98 Å². The minimum atomic E-state index is -0.399. The molecule has 2 aliphatic rings. The van der Waals surface area contributed by atoms with Gasteiger partial charge in [-0.05, 0) is 12.1 Å². The maximum atomic E-state index is 11.8. The summed E-state index contributed by atoms with van der Waals surface area (Å²) in [6.07, 6.45) is 0. The van der Waals surface area contributed by atoms with Crippen molar-refractivity contribution < 1.29 is 4.79 Å². The van der Waals surface area contributed by atoms with Gasteiger partial charge in [0.2, 0.25) is 0 Å². The van der Waals surface area contributed by atoms with E-state index in [-0.39, 0.29) is 0 Å². The molecular formula is C16H10N2OS. The summed E-state index contributed by atoms with van der Waals surface area (Å²) in [5.74, 6) is -0.399. The number of nitrogens with two attached hydrogens (primary N) is 1. The molecule has 2 aliphatic heterocycles. The molecule has 0 aliphatic carbocycles. The molecule has 0 radical (unpaired) electrons. The maximum absolute atomic E-state index is 11.8. The number of para-hydroxylation sites is 1. The van der Waals surface area contributed by atoms with Crippen molar-refractivity contribution in [3.63, 3.8) is 0 Å². The molecule has 96 valence electrons. The van der Waals surface area contributed by atoms with Crippen molar-refractivity contribution in [3.05, 3.63) is 53.4 Å². The Bertz CT molecular complexity index is 942. The lowest BCUT2D eigenvalue weighted by atomic mass is 10.1. The molecule has 0 saturated carbocycles. The number of primary amides is 1. The van der Waals surface area contributed by atoms with Crippen LogP contribution in [0.5, 0.6) is 0 Å². The van der Waals surface area contributed by atoms with Crippen LogP contribution in [0.4, 0.5) is 0 Å². The molecule has 0 unspecified atom stereocenters. The molecular weight excluding hydrogens is 268 g/mol. The number of amides is 1. The summed E-state index contributed by atoms with van der Waals surface area (Å²) >= 11 is 1.43. The second kappa shape index (κ2) is 4.02. The van der Waals surface area contributed by atoms with Crippen LogP contribution in [-0.4, -0.2) is 10.9 Å². The average Bonchev–Trinajstić information content (AvgIpc) is 2.86. The molecule has 4 heteroatoms. The normalized spacial score (nSPS) is 11.4. The van der Waals surface area contributed by atoms with Crippen molar-refractivity contribution in [3.8, 4) is 11.3 Å². The third kappa shape index (κ3) is 1.45. The van der Waals surface area contributed by atoms with E-state index < -0.39 is 5.91 Å². The molecule has 20 heavy (non-hydrogen) atoms. The molecule has 3 nitrogen and oxygen atoms in total. The van der Waals surface area contributed by atoms with Gasteiger partial charge in [-0.25, -0.2) is 4.98 Å². The average molecular weight is 278 g/mol. The number of carbonyl (C=O) groups excluding carboxylic acids is 1.